The number of ether oxygens (including phenoxy) is 2. The van der Waals surface area contributed by atoms with E-state index in [0.29, 0.717) is 18.8 Å². The molecule has 5 nitrogen and oxygen atoms in total. The van der Waals surface area contributed by atoms with Crippen LogP contribution in [-0.2, 0) is 20.8 Å². The monoisotopic (exact) mass is 338 g/mol. The van der Waals surface area contributed by atoms with Crippen molar-refractivity contribution in [2.45, 2.75) is 44.1 Å². The Labute approximate surface area is 142 Å². The zero-order chi connectivity index (χ0) is 16.2. The molecule has 0 spiro atoms. The second-order valence-corrected chi connectivity index (χ2v) is 7.62. The lowest BCUT2D eigenvalue weighted by molar-refractivity contribution is -0.138. The number of carbonyl (C=O) groups excluding carboxylic acids is 1. The van der Waals surface area contributed by atoms with Crippen LogP contribution in [0.4, 0.5) is 0 Å². The number of hydrogen-bond donors (Lipinski definition) is 0. The molecule has 0 N–H and O–H groups in total. The molecule has 1 amide bonds. The Kier molecular flexibility index (Phi) is 5.69. The average Bonchev–Trinajstić information content (AvgIpc) is 3.17. The molecule has 3 atom stereocenters. The standard InChI is InChI=1S/C17H26N2O3S/c1-18(2)17(20)12-21-11-13-5-6-15-16(22-13)7-8-19(15)10-14-4-3-9-23-14/h3-4,9,13,15-16H,5-8,10-12H2,1-2H3/t13-,15+,16+/m0/s1. The number of fused-ring (bicyclic) bond motifs is 1. The van der Waals surface area contributed by atoms with Crippen LogP contribution in [0.3, 0.4) is 0 Å². The third-order valence-corrected chi connectivity index (χ3v) is 5.58. The lowest BCUT2D eigenvalue weighted by atomic mass is 9.99. The first kappa shape index (κ1) is 16.9. The summed E-state index contributed by atoms with van der Waals surface area (Å²) in [6.45, 7) is 2.82. The Morgan fingerprint density at radius 3 is 3.04 bits per heavy atom. The van der Waals surface area contributed by atoms with Crippen molar-refractivity contribution in [1.29, 1.82) is 0 Å². The minimum Gasteiger partial charge on any atom is -0.371 e. The Morgan fingerprint density at radius 2 is 2.30 bits per heavy atom. The van der Waals surface area contributed by atoms with Crippen LogP contribution < -0.4 is 0 Å². The number of amides is 1. The molecular weight excluding hydrogens is 312 g/mol. The van der Waals surface area contributed by atoms with Gasteiger partial charge in [-0.2, -0.15) is 0 Å². The molecule has 128 valence electrons. The van der Waals surface area contributed by atoms with E-state index in [4.69, 9.17) is 9.47 Å². The van der Waals surface area contributed by atoms with Crippen LogP contribution in [0, 0.1) is 0 Å². The maximum atomic E-state index is 11.5. The van der Waals surface area contributed by atoms with E-state index in [1.807, 2.05) is 11.3 Å². The number of thiophene rings is 1. The molecule has 0 aromatic carbocycles. The normalized spacial score (nSPS) is 27.8. The summed E-state index contributed by atoms with van der Waals surface area (Å²) in [6.07, 6.45) is 3.72. The smallest absolute Gasteiger partial charge is 0.248 e. The molecule has 0 unspecified atom stereocenters. The molecule has 2 saturated heterocycles. The lowest BCUT2D eigenvalue weighted by Crippen LogP contribution is -2.43. The molecule has 2 aliphatic heterocycles. The van der Waals surface area contributed by atoms with Gasteiger partial charge in [0.25, 0.3) is 0 Å². The van der Waals surface area contributed by atoms with E-state index in [2.05, 4.69) is 22.4 Å². The van der Waals surface area contributed by atoms with Gasteiger partial charge in [0.05, 0.1) is 18.8 Å². The molecule has 23 heavy (non-hydrogen) atoms. The summed E-state index contributed by atoms with van der Waals surface area (Å²) in [5.74, 6) is 0.00155. The van der Waals surface area contributed by atoms with Crippen LogP contribution in [0.1, 0.15) is 24.1 Å². The summed E-state index contributed by atoms with van der Waals surface area (Å²) in [4.78, 5) is 17.1. The summed E-state index contributed by atoms with van der Waals surface area (Å²) in [7, 11) is 3.49. The first-order chi connectivity index (χ1) is 11.1. The van der Waals surface area contributed by atoms with Gasteiger partial charge in [0.2, 0.25) is 5.91 Å². The Balaban J connectivity index is 1.42. The molecule has 3 heterocycles. The fourth-order valence-corrected chi connectivity index (χ4v) is 4.14. The fourth-order valence-electron chi connectivity index (χ4n) is 3.41. The van der Waals surface area contributed by atoms with Gasteiger partial charge in [0, 0.05) is 38.1 Å². The third-order valence-electron chi connectivity index (χ3n) is 4.72. The lowest BCUT2D eigenvalue weighted by Gasteiger charge is -2.35. The van der Waals surface area contributed by atoms with Gasteiger partial charge in [-0.3, -0.25) is 9.69 Å². The van der Waals surface area contributed by atoms with Gasteiger partial charge in [-0.25, -0.2) is 0 Å². The first-order valence-corrected chi connectivity index (χ1v) is 9.21. The van der Waals surface area contributed by atoms with E-state index in [1.54, 1.807) is 19.0 Å². The largest absolute Gasteiger partial charge is 0.371 e. The summed E-state index contributed by atoms with van der Waals surface area (Å²) in [5, 5.41) is 2.14. The van der Waals surface area contributed by atoms with Crippen molar-refractivity contribution < 1.29 is 14.3 Å². The van der Waals surface area contributed by atoms with Crippen LogP contribution in [-0.4, -0.2) is 67.8 Å². The number of rotatable bonds is 6. The van der Waals surface area contributed by atoms with Gasteiger partial charge in [-0.15, -0.1) is 11.3 Å². The number of likely N-dealkylation sites (N-methyl/N-ethyl adjacent to an activating group) is 1. The maximum absolute atomic E-state index is 11.5. The summed E-state index contributed by atoms with van der Waals surface area (Å²) in [5.41, 5.74) is 0. The predicted molar refractivity (Wildman–Crippen MR) is 90.5 cm³/mol. The highest BCUT2D eigenvalue weighted by atomic mass is 32.1. The SMILES string of the molecule is CN(C)C(=O)COC[C@@H]1CC[C@@H]2[C@@H](CCN2Cc2cccs2)O1. The van der Waals surface area contributed by atoms with Crippen molar-refractivity contribution in [2.24, 2.45) is 0 Å². The Bertz CT molecular complexity index is 506. The van der Waals surface area contributed by atoms with Gasteiger partial charge in [-0.05, 0) is 30.7 Å². The van der Waals surface area contributed by atoms with Crippen LogP contribution in [0.5, 0.6) is 0 Å². The van der Waals surface area contributed by atoms with Gasteiger partial charge >= 0.3 is 0 Å². The van der Waals surface area contributed by atoms with Gasteiger partial charge in [0.15, 0.2) is 0 Å². The van der Waals surface area contributed by atoms with Crippen molar-refractivity contribution in [2.75, 3.05) is 33.9 Å². The van der Waals surface area contributed by atoms with Crippen LogP contribution in [0.2, 0.25) is 0 Å². The van der Waals surface area contributed by atoms with Gasteiger partial charge in [-0.1, -0.05) is 6.07 Å². The van der Waals surface area contributed by atoms with Crippen molar-refractivity contribution in [1.82, 2.24) is 9.80 Å². The van der Waals surface area contributed by atoms with E-state index in [1.165, 1.54) is 4.88 Å². The number of hydrogen-bond acceptors (Lipinski definition) is 5. The van der Waals surface area contributed by atoms with Crippen LogP contribution >= 0.6 is 11.3 Å². The molecule has 6 heteroatoms. The predicted octanol–water partition coefficient (Wildman–Crippen LogP) is 1.97. The van der Waals surface area contributed by atoms with E-state index in [-0.39, 0.29) is 18.6 Å². The highest BCUT2D eigenvalue weighted by molar-refractivity contribution is 7.09. The van der Waals surface area contributed by atoms with E-state index >= 15 is 0 Å². The van der Waals surface area contributed by atoms with Crippen LogP contribution in [0.25, 0.3) is 0 Å². The quantitative estimate of drug-likeness (QED) is 0.795. The second-order valence-electron chi connectivity index (χ2n) is 6.58. The molecule has 1 aromatic rings. The van der Waals surface area contributed by atoms with Crippen molar-refractivity contribution >= 4 is 17.2 Å². The number of carbonyl (C=O) groups is 1. The minimum atomic E-state index is 0.00155. The highest BCUT2D eigenvalue weighted by Gasteiger charge is 2.39. The Hall–Kier alpha value is -0.950. The summed E-state index contributed by atoms with van der Waals surface area (Å²) < 4.78 is 11.7. The van der Waals surface area contributed by atoms with Gasteiger partial charge in [0.1, 0.15) is 6.61 Å². The topological polar surface area (TPSA) is 42.0 Å². The fraction of sp³-hybridized carbons (Fsp3) is 0.706. The van der Waals surface area contributed by atoms with Gasteiger partial charge < -0.3 is 14.4 Å². The zero-order valence-corrected chi connectivity index (χ0v) is 14.8. The molecule has 0 aliphatic carbocycles. The number of likely N-dealkylation sites (tertiary alicyclic amines) is 1. The van der Waals surface area contributed by atoms with Crippen molar-refractivity contribution in [3.05, 3.63) is 22.4 Å². The zero-order valence-electron chi connectivity index (χ0n) is 13.9. The summed E-state index contributed by atoms with van der Waals surface area (Å²) >= 11 is 1.83. The molecule has 3 rings (SSSR count). The molecule has 2 fully saturated rings. The van der Waals surface area contributed by atoms with E-state index in [0.717, 1.165) is 32.4 Å². The minimum absolute atomic E-state index is 0.00155. The molecular formula is C17H26N2O3S. The van der Waals surface area contributed by atoms with Crippen LogP contribution in [0.15, 0.2) is 17.5 Å². The average molecular weight is 338 g/mol. The molecule has 0 radical (unpaired) electrons. The molecule has 1 aromatic heterocycles. The van der Waals surface area contributed by atoms with Crippen molar-refractivity contribution in [3.8, 4) is 0 Å². The van der Waals surface area contributed by atoms with Crippen molar-refractivity contribution in [3.63, 3.8) is 0 Å². The molecule has 2 aliphatic rings. The summed E-state index contributed by atoms with van der Waals surface area (Å²) in [6, 6.07) is 4.87. The van der Waals surface area contributed by atoms with E-state index in [9.17, 15) is 4.79 Å². The molecule has 0 bridgehead atoms. The second kappa shape index (κ2) is 7.75. The highest BCUT2D eigenvalue weighted by Crippen LogP contribution is 2.33. The Morgan fingerprint density at radius 1 is 1.43 bits per heavy atom. The number of nitrogens with zero attached hydrogens (tertiary/aromatic N) is 2. The molecule has 0 saturated carbocycles. The third kappa shape index (κ3) is 4.32. The maximum Gasteiger partial charge on any atom is 0.248 e. The van der Waals surface area contributed by atoms with E-state index < -0.39 is 0 Å². The first-order valence-electron chi connectivity index (χ1n) is 8.33.